The Bertz CT molecular complexity index is 907. The van der Waals surface area contributed by atoms with Gasteiger partial charge < -0.3 is 4.90 Å². The molecule has 1 amide bonds. The molecule has 0 spiro atoms. The minimum Gasteiger partial charge on any atom is -0.311 e. The predicted molar refractivity (Wildman–Crippen MR) is 112 cm³/mol. The van der Waals surface area contributed by atoms with Crippen LogP contribution in [0.5, 0.6) is 0 Å². The largest absolute Gasteiger partial charge is 0.311 e. The van der Waals surface area contributed by atoms with E-state index >= 15 is 0 Å². The van der Waals surface area contributed by atoms with Gasteiger partial charge >= 0.3 is 0 Å². The Hall–Kier alpha value is -2.36. The normalized spacial score (nSPS) is 17.9. The van der Waals surface area contributed by atoms with Crippen LogP contribution in [-0.2, 0) is 17.8 Å². The van der Waals surface area contributed by atoms with Crippen molar-refractivity contribution in [3.63, 3.8) is 0 Å². The van der Waals surface area contributed by atoms with E-state index in [2.05, 4.69) is 20.2 Å². The quantitative estimate of drug-likeness (QED) is 0.551. The number of benzene rings is 1. The van der Waals surface area contributed by atoms with Gasteiger partial charge in [0.25, 0.3) is 5.69 Å². The van der Waals surface area contributed by atoms with Crippen molar-refractivity contribution >= 4 is 28.6 Å². The third-order valence-corrected chi connectivity index (χ3v) is 6.39. The van der Waals surface area contributed by atoms with Crippen molar-refractivity contribution < 1.29 is 9.72 Å². The van der Waals surface area contributed by atoms with Crippen LogP contribution in [0.4, 0.5) is 11.4 Å². The van der Waals surface area contributed by atoms with E-state index in [1.807, 2.05) is 6.92 Å². The zero-order valence-corrected chi connectivity index (χ0v) is 17.4. The van der Waals surface area contributed by atoms with Gasteiger partial charge in [-0.2, -0.15) is 0 Å². The molecule has 4 rings (SSSR count). The number of rotatable bonds is 5. The van der Waals surface area contributed by atoms with Crippen LogP contribution >= 0.6 is 11.3 Å². The smallest absolute Gasteiger partial charge is 0.269 e. The summed E-state index contributed by atoms with van der Waals surface area (Å²) in [6, 6.07) is 4.81. The zero-order valence-electron chi connectivity index (χ0n) is 16.5. The number of nitrogens with zero attached hydrogens (tertiary/aromatic N) is 5. The molecular weight excluding hydrogens is 390 g/mol. The molecule has 3 heterocycles. The molecule has 29 heavy (non-hydrogen) atoms. The van der Waals surface area contributed by atoms with Crippen molar-refractivity contribution in [1.29, 1.82) is 0 Å². The second-order valence-corrected chi connectivity index (χ2v) is 8.69. The number of aryl methyl sites for hydroxylation is 2. The number of amides is 1. The predicted octanol–water partition coefficient (Wildman–Crippen LogP) is 2.46. The molecule has 1 aromatic carbocycles. The number of piperazine rings is 1. The Kier molecular flexibility index (Phi) is 5.89. The van der Waals surface area contributed by atoms with E-state index in [0.717, 1.165) is 67.5 Å². The van der Waals surface area contributed by atoms with Crippen LogP contribution in [0, 0.1) is 17.0 Å². The van der Waals surface area contributed by atoms with Crippen molar-refractivity contribution in [3.8, 4) is 0 Å². The number of carbonyl (C=O) groups is 1. The molecule has 1 fully saturated rings. The van der Waals surface area contributed by atoms with Crippen LogP contribution in [0.25, 0.3) is 0 Å². The third-order valence-electron chi connectivity index (χ3n) is 5.57. The summed E-state index contributed by atoms with van der Waals surface area (Å²) in [6.07, 6.45) is 1.61. The highest BCUT2D eigenvalue weighted by Gasteiger charge is 2.27. The molecule has 8 nitrogen and oxygen atoms in total. The van der Waals surface area contributed by atoms with E-state index in [1.54, 1.807) is 28.4 Å². The Morgan fingerprint density at radius 3 is 2.66 bits per heavy atom. The summed E-state index contributed by atoms with van der Waals surface area (Å²) in [5, 5.41) is 14.2. The van der Waals surface area contributed by atoms with Gasteiger partial charge in [-0.3, -0.25) is 24.7 Å². The molecule has 0 N–H and O–H groups in total. The molecule has 154 valence electrons. The number of hydrogen-bond donors (Lipinski definition) is 0. The van der Waals surface area contributed by atoms with Gasteiger partial charge in [0.05, 0.1) is 22.2 Å². The lowest BCUT2D eigenvalue weighted by Crippen LogP contribution is -2.50. The molecule has 2 aliphatic heterocycles. The van der Waals surface area contributed by atoms with Crippen LogP contribution in [0.1, 0.15) is 22.7 Å². The number of hydrogen-bond acceptors (Lipinski definition) is 7. The molecule has 2 aromatic rings. The van der Waals surface area contributed by atoms with Gasteiger partial charge in [0.1, 0.15) is 0 Å². The van der Waals surface area contributed by atoms with Crippen LogP contribution in [0.2, 0.25) is 0 Å². The summed E-state index contributed by atoms with van der Waals surface area (Å²) in [5.74, 6) is 0.0726. The van der Waals surface area contributed by atoms with Crippen molar-refractivity contribution in [2.45, 2.75) is 26.3 Å². The van der Waals surface area contributed by atoms with Crippen molar-refractivity contribution in [2.24, 2.45) is 0 Å². The number of aromatic nitrogens is 1. The first kappa shape index (κ1) is 19.9. The number of carbonyl (C=O) groups excluding carboxylic acids is 1. The molecule has 1 saturated heterocycles. The van der Waals surface area contributed by atoms with E-state index in [1.165, 1.54) is 6.07 Å². The second-order valence-electron chi connectivity index (χ2n) is 7.63. The maximum atomic E-state index is 13.0. The van der Waals surface area contributed by atoms with Gasteiger partial charge in [0.15, 0.2) is 0 Å². The van der Waals surface area contributed by atoms with E-state index < -0.39 is 0 Å². The standard InChI is InChI=1S/C20H25N5O3S/c1-15-21-17(14-29-15)12-22-7-9-23(10-8-22)13-20(26)24-6-2-3-16-11-18(25(27)28)4-5-19(16)24/h4-5,11,14H,2-3,6-10,12-13H2,1H3. The summed E-state index contributed by atoms with van der Waals surface area (Å²) in [6.45, 7) is 7.51. The Morgan fingerprint density at radius 2 is 1.97 bits per heavy atom. The molecule has 1 aromatic heterocycles. The number of fused-ring (bicyclic) bond motifs is 1. The fourth-order valence-electron chi connectivity index (χ4n) is 4.05. The number of non-ortho nitro benzene ring substituents is 1. The first-order chi connectivity index (χ1) is 14.0. The maximum Gasteiger partial charge on any atom is 0.269 e. The molecule has 0 saturated carbocycles. The van der Waals surface area contributed by atoms with Crippen molar-refractivity contribution in [3.05, 3.63) is 50.0 Å². The molecule has 2 aliphatic rings. The van der Waals surface area contributed by atoms with Crippen molar-refractivity contribution in [2.75, 3.05) is 44.2 Å². The van der Waals surface area contributed by atoms with Crippen LogP contribution < -0.4 is 4.90 Å². The molecule has 0 aliphatic carbocycles. The highest BCUT2D eigenvalue weighted by atomic mass is 32.1. The van der Waals surface area contributed by atoms with Gasteiger partial charge in [-0.1, -0.05) is 0 Å². The maximum absolute atomic E-state index is 13.0. The Balaban J connectivity index is 1.33. The van der Waals surface area contributed by atoms with E-state index in [-0.39, 0.29) is 16.5 Å². The lowest BCUT2D eigenvalue weighted by Gasteiger charge is -2.36. The lowest BCUT2D eigenvalue weighted by atomic mass is 10.0. The summed E-state index contributed by atoms with van der Waals surface area (Å²) < 4.78 is 0. The minimum atomic E-state index is -0.381. The fraction of sp³-hybridized carbons (Fsp3) is 0.500. The number of nitro benzene ring substituents is 1. The molecular formula is C20H25N5O3S. The van der Waals surface area contributed by atoms with Crippen LogP contribution in [-0.4, -0.2) is 64.9 Å². The minimum absolute atomic E-state index is 0.0726. The number of nitro groups is 1. The molecule has 0 radical (unpaired) electrons. The van der Waals surface area contributed by atoms with Gasteiger partial charge in [-0.25, -0.2) is 4.98 Å². The topological polar surface area (TPSA) is 82.8 Å². The first-order valence-electron chi connectivity index (χ1n) is 9.93. The van der Waals surface area contributed by atoms with Crippen LogP contribution in [0.3, 0.4) is 0 Å². The van der Waals surface area contributed by atoms with Gasteiger partial charge in [-0.05, 0) is 31.4 Å². The Labute approximate surface area is 173 Å². The van der Waals surface area contributed by atoms with E-state index in [0.29, 0.717) is 13.1 Å². The van der Waals surface area contributed by atoms with E-state index in [9.17, 15) is 14.9 Å². The molecule has 0 unspecified atom stereocenters. The van der Waals surface area contributed by atoms with Crippen LogP contribution in [0.15, 0.2) is 23.6 Å². The zero-order chi connectivity index (χ0) is 20.4. The lowest BCUT2D eigenvalue weighted by molar-refractivity contribution is -0.384. The monoisotopic (exact) mass is 415 g/mol. The average Bonchev–Trinajstić information content (AvgIpc) is 3.13. The van der Waals surface area contributed by atoms with Crippen molar-refractivity contribution in [1.82, 2.24) is 14.8 Å². The van der Waals surface area contributed by atoms with Gasteiger partial charge in [-0.15, -0.1) is 11.3 Å². The molecule has 0 atom stereocenters. The van der Waals surface area contributed by atoms with Gasteiger partial charge in [0, 0.05) is 62.5 Å². The Morgan fingerprint density at radius 1 is 1.21 bits per heavy atom. The summed E-state index contributed by atoms with van der Waals surface area (Å²) in [4.78, 5) is 34.5. The SMILES string of the molecule is Cc1nc(CN2CCN(CC(=O)N3CCCc4cc([N+](=O)[O-])ccc43)CC2)cs1. The first-order valence-corrected chi connectivity index (χ1v) is 10.8. The molecule has 9 heteroatoms. The number of thiazole rings is 1. The fourth-order valence-corrected chi connectivity index (χ4v) is 4.65. The number of anilines is 1. The van der Waals surface area contributed by atoms with Gasteiger partial charge in [0.2, 0.25) is 5.91 Å². The average molecular weight is 416 g/mol. The second kappa shape index (κ2) is 8.56. The highest BCUT2D eigenvalue weighted by Crippen LogP contribution is 2.30. The molecule has 0 bridgehead atoms. The summed E-state index contributed by atoms with van der Waals surface area (Å²) in [5.41, 5.74) is 2.92. The third kappa shape index (κ3) is 4.63. The van der Waals surface area contributed by atoms with E-state index in [4.69, 9.17) is 0 Å². The summed E-state index contributed by atoms with van der Waals surface area (Å²) in [7, 11) is 0. The summed E-state index contributed by atoms with van der Waals surface area (Å²) >= 11 is 1.68. The highest BCUT2D eigenvalue weighted by molar-refractivity contribution is 7.09.